The van der Waals surface area contributed by atoms with Gasteiger partial charge in [0.1, 0.15) is 17.1 Å². The number of ether oxygens (including phenoxy) is 4. The van der Waals surface area contributed by atoms with Gasteiger partial charge in [-0.1, -0.05) is 0 Å². The van der Waals surface area contributed by atoms with Gasteiger partial charge < -0.3 is 63.7 Å². The van der Waals surface area contributed by atoms with E-state index in [1.54, 1.807) is 89.8 Å². The van der Waals surface area contributed by atoms with Gasteiger partial charge in [0.25, 0.3) is 29.5 Å². The molecule has 0 bridgehead atoms. The first-order valence-electron chi connectivity index (χ1n) is 23.9. The molecule has 4 aliphatic heterocycles. The molecule has 2 atom stereocenters. The highest BCUT2D eigenvalue weighted by molar-refractivity contribution is 6.08. The van der Waals surface area contributed by atoms with Gasteiger partial charge in [0.15, 0.2) is 23.0 Å². The van der Waals surface area contributed by atoms with Crippen molar-refractivity contribution in [1.29, 1.82) is 0 Å². The second-order valence-corrected chi connectivity index (χ2v) is 18.1. The largest absolute Gasteiger partial charge is 0.493 e. The van der Waals surface area contributed by atoms with Gasteiger partial charge in [0, 0.05) is 90.4 Å². The predicted molar refractivity (Wildman–Crippen MR) is 268 cm³/mol. The smallest absolute Gasteiger partial charge is 0.272 e. The summed E-state index contributed by atoms with van der Waals surface area (Å²) in [6, 6.07) is 11.4. The maximum atomic E-state index is 13.4. The number of hydrogen-bond donors (Lipinski definition) is 4. The van der Waals surface area contributed by atoms with E-state index < -0.39 is 11.8 Å². The Morgan fingerprint density at radius 1 is 0.583 bits per heavy atom. The minimum absolute atomic E-state index is 0.0114. The molecule has 4 aliphatic rings. The second-order valence-electron chi connectivity index (χ2n) is 18.1. The van der Waals surface area contributed by atoms with Crippen LogP contribution >= 0.6 is 0 Å². The Hall–Kier alpha value is -8.36. The van der Waals surface area contributed by atoms with Crippen molar-refractivity contribution in [1.82, 2.24) is 28.8 Å². The van der Waals surface area contributed by atoms with Crippen LogP contribution in [0.2, 0.25) is 0 Å². The van der Waals surface area contributed by atoms with Crippen molar-refractivity contribution >= 4 is 76.3 Å². The molecule has 4 N–H and O–H groups in total. The SMILES string of the molecule is COc1cc2c(cc1OCCCNC(=O)c1cc(NC(=O)c3cc(NC(=O)c4cc(NC(=O)CCCOc5cc6c(cc5OC)C(=O)N5CCC[C@H]5C=N6)cn4C)cn3C)cn1C)N=C[C@@H]1CCCN1C2=O. The fraction of sp³-hybridized carbons (Fsp3) is 0.373. The van der Waals surface area contributed by atoms with E-state index in [4.69, 9.17) is 18.9 Å². The third-order valence-corrected chi connectivity index (χ3v) is 13.1. The highest BCUT2D eigenvalue weighted by Crippen LogP contribution is 2.40. The average molecular weight is 984 g/mol. The van der Waals surface area contributed by atoms with Crippen molar-refractivity contribution in [2.45, 2.75) is 57.0 Å². The minimum atomic E-state index is -0.464. The van der Waals surface area contributed by atoms with Crippen molar-refractivity contribution in [2.24, 2.45) is 31.1 Å². The number of nitrogens with one attached hydrogen (secondary N) is 4. The summed E-state index contributed by atoms with van der Waals surface area (Å²) < 4.78 is 27.8. The lowest BCUT2D eigenvalue weighted by atomic mass is 10.1. The highest BCUT2D eigenvalue weighted by atomic mass is 16.5. The Labute approximate surface area is 415 Å². The summed E-state index contributed by atoms with van der Waals surface area (Å²) in [7, 11) is 8.07. The van der Waals surface area contributed by atoms with E-state index in [1.807, 2.05) is 22.2 Å². The second kappa shape index (κ2) is 20.9. The lowest BCUT2D eigenvalue weighted by Crippen LogP contribution is -2.35. The zero-order valence-electron chi connectivity index (χ0n) is 40.8. The van der Waals surface area contributed by atoms with Gasteiger partial charge in [-0.25, -0.2) is 0 Å². The van der Waals surface area contributed by atoms with Crippen LogP contribution in [0.3, 0.4) is 0 Å². The van der Waals surface area contributed by atoms with E-state index in [-0.39, 0.29) is 66.7 Å². The predicted octanol–water partition coefficient (Wildman–Crippen LogP) is 5.86. The van der Waals surface area contributed by atoms with Gasteiger partial charge >= 0.3 is 0 Å². The van der Waals surface area contributed by atoms with Crippen molar-refractivity contribution in [2.75, 3.05) is 63.0 Å². The molecule has 0 radical (unpaired) electrons. The summed E-state index contributed by atoms with van der Waals surface area (Å²) in [5.41, 5.74) is 4.00. The van der Waals surface area contributed by atoms with E-state index in [0.717, 1.165) is 25.7 Å². The normalized spacial score (nSPS) is 16.5. The number of rotatable bonds is 18. The number of carbonyl (C=O) groups is 6. The third-order valence-electron chi connectivity index (χ3n) is 13.1. The van der Waals surface area contributed by atoms with Gasteiger partial charge in [-0.3, -0.25) is 38.8 Å². The summed E-state index contributed by atoms with van der Waals surface area (Å²) in [5.74, 6) is 0.00385. The monoisotopic (exact) mass is 983 g/mol. The van der Waals surface area contributed by atoms with Crippen LogP contribution in [0.15, 0.2) is 71.0 Å². The van der Waals surface area contributed by atoms with Crippen LogP contribution < -0.4 is 40.2 Å². The Morgan fingerprint density at radius 3 is 1.50 bits per heavy atom. The molecule has 9 rings (SSSR count). The molecule has 2 fully saturated rings. The average Bonchev–Trinajstić information content (AvgIpc) is 4.21. The maximum absolute atomic E-state index is 13.4. The molecule has 21 heteroatoms. The number of methoxy groups -OCH3 is 2. The number of aliphatic imine (C=N–C) groups is 2. The lowest BCUT2D eigenvalue weighted by Gasteiger charge is -2.20. The zero-order chi connectivity index (χ0) is 50.6. The third kappa shape index (κ3) is 10.3. The van der Waals surface area contributed by atoms with Crippen LogP contribution in [0.5, 0.6) is 23.0 Å². The van der Waals surface area contributed by atoms with E-state index in [1.165, 1.54) is 20.3 Å². The molecular weight excluding hydrogens is 927 g/mol. The summed E-state index contributed by atoms with van der Waals surface area (Å²) in [6.45, 7) is 2.15. The molecule has 21 nitrogen and oxygen atoms in total. The Morgan fingerprint density at radius 2 is 1.03 bits per heavy atom. The zero-order valence-corrected chi connectivity index (χ0v) is 40.8. The molecule has 5 aromatic rings. The first-order valence-corrected chi connectivity index (χ1v) is 23.9. The molecule has 2 aromatic carbocycles. The van der Waals surface area contributed by atoms with E-state index in [0.29, 0.717) is 101 Å². The highest BCUT2D eigenvalue weighted by Gasteiger charge is 2.34. The Balaban J connectivity index is 0.717. The number of fused-ring (bicyclic) bond motifs is 4. The van der Waals surface area contributed by atoms with E-state index in [2.05, 4.69) is 31.3 Å². The number of nitrogens with zero attached hydrogens (tertiary/aromatic N) is 7. The molecule has 6 amide bonds. The fourth-order valence-electron chi connectivity index (χ4n) is 9.39. The number of hydrogen-bond acceptors (Lipinski definition) is 12. The van der Waals surface area contributed by atoms with Gasteiger partial charge in [0.05, 0.1) is 79.1 Å². The maximum Gasteiger partial charge on any atom is 0.272 e. The molecule has 0 aliphatic carbocycles. The number of amides is 6. The molecule has 2 saturated heterocycles. The van der Waals surface area contributed by atoms with Crippen LogP contribution in [0.4, 0.5) is 28.4 Å². The Kier molecular flexibility index (Phi) is 14.1. The van der Waals surface area contributed by atoms with Crippen molar-refractivity contribution < 1.29 is 47.7 Å². The van der Waals surface area contributed by atoms with E-state index >= 15 is 0 Å². The van der Waals surface area contributed by atoms with Crippen molar-refractivity contribution in [3.8, 4) is 23.0 Å². The molecule has 0 saturated carbocycles. The van der Waals surface area contributed by atoms with Gasteiger partial charge in [-0.2, -0.15) is 0 Å². The van der Waals surface area contributed by atoms with Crippen molar-refractivity contribution in [3.05, 3.63) is 89.3 Å². The topological polar surface area (TPSA) is 233 Å². The van der Waals surface area contributed by atoms with Gasteiger partial charge in [-0.15, -0.1) is 0 Å². The molecule has 0 spiro atoms. The summed E-state index contributed by atoms with van der Waals surface area (Å²) in [4.78, 5) is 92.1. The van der Waals surface area contributed by atoms with Crippen molar-refractivity contribution in [3.63, 3.8) is 0 Å². The van der Waals surface area contributed by atoms with Crippen LogP contribution in [-0.2, 0) is 25.9 Å². The number of anilines is 3. The summed E-state index contributed by atoms with van der Waals surface area (Å²) in [6.07, 6.45) is 13.1. The number of aromatic nitrogens is 3. The quantitative estimate of drug-likeness (QED) is 0.0764. The van der Waals surface area contributed by atoms with Gasteiger partial charge in [0.2, 0.25) is 5.91 Å². The molecule has 3 aromatic heterocycles. The first kappa shape index (κ1) is 48.7. The standard InChI is InChI=1S/C51H57N11O10/c1-58-28-31(19-39(58)47(64)52-13-9-17-72-45-24-38-36(22-43(45)70-5)51(68)62-15-7-11-34(62)26-54-38)56-49(66)41-20-32(29-60(41)3)57-48(65)40-18-30(27-59(40)2)55-46(63)12-8-16-71-44-23-37-35(21-42(44)69-4)50(67)61-14-6-10-33(61)25-53-37/h18-29,33-34H,6-17H2,1-5H3,(H,52,64)(H,55,63)(H,56,66)(H,57,65)/t33-,34-/m0/s1. The number of benzene rings is 2. The Bertz CT molecular complexity index is 3020. The van der Waals surface area contributed by atoms with Crippen LogP contribution in [0.1, 0.15) is 97.1 Å². The molecule has 376 valence electrons. The molecule has 7 heterocycles. The number of aryl methyl sites for hydroxylation is 3. The minimum Gasteiger partial charge on any atom is -0.493 e. The fourth-order valence-corrected chi connectivity index (χ4v) is 9.39. The van der Waals surface area contributed by atoms with Crippen LogP contribution in [0, 0.1) is 0 Å². The molecule has 0 unspecified atom stereocenters. The molecular formula is C51H57N11O10. The van der Waals surface area contributed by atoms with Crippen LogP contribution in [0.25, 0.3) is 0 Å². The van der Waals surface area contributed by atoms with Gasteiger partial charge in [-0.05, 0) is 68.9 Å². The summed E-state index contributed by atoms with van der Waals surface area (Å²) >= 11 is 0. The van der Waals surface area contributed by atoms with E-state index in [9.17, 15) is 28.8 Å². The number of carbonyl (C=O) groups excluding carboxylic acids is 6. The van der Waals surface area contributed by atoms with Crippen LogP contribution in [-0.4, -0.2) is 131 Å². The first-order chi connectivity index (χ1) is 34.8. The molecule has 72 heavy (non-hydrogen) atoms. The summed E-state index contributed by atoms with van der Waals surface area (Å²) in [5, 5.41) is 11.4. The lowest BCUT2D eigenvalue weighted by molar-refractivity contribution is -0.116.